The Hall–Kier alpha value is -0.970. The minimum Gasteiger partial charge on any atom is -0.489 e. The molecule has 0 aliphatic heterocycles. The topological polar surface area (TPSA) is 41.5 Å². The van der Waals surface area contributed by atoms with Gasteiger partial charge < -0.3 is 15.2 Å². The molecule has 2 rings (SSSR count). The molecule has 0 aliphatic rings. The smallest absolute Gasteiger partial charge is 0.124 e. The second-order valence-corrected chi connectivity index (χ2v) is 6.66. The summed E-state index contributed by atoms with van der Waals surface area (Å²) in [4.78, 5) is 0. The normalized spacial score (nSPS) is 10.8. The number of benzene rings is 2. The molecule has 0 saturated heterocycles. The van der Waals surface area contributed by atoms with Gasteiger partial charge in [0.25, 0.3) is 0 Å². The van der Waals surface area contributed by atoms with E-state index >= 15 is 0 Å². The molecule has 0 aliphatic carbocycles. The Kier molecular flexibility index (Phi) is 8.16. The van der Waals surface area contributed by atoms with Gasteiger partial charge in [-0.3, -0.25) is 0 Å². The Morgan fingerprint density at radius 3 is 2.42 bits per heavy atom. The minimum atomic E-state index is 0.217. The first-order valence-corrected chi connectivity index (χ1v) is 8.90. The first-order chi connectivity index (χ1) is 11.6. The summed E-state index contributed by atoms with van der Waals surface area (Å²) >= 11 is 18.2. The third-order valence-corrected chi connectivity index (χ3v) is 4.32. The molecule has 0 spiro atoms. The lowest BCUT2D eigenvalue weighted by atomic mass is 10.2. The quantitative estimate of drug-likeness (QED) is 0.588. The molecule has 0 fully saturated rings. The molecule has 0 amide bonds. The van der Waals surface area contributed by atoms with Crippen molar-refractivity contribution < 1.29 is 9.84 Å². The molecule has 0 unspecified atom stereocenters. The first kappa shape index (κ1) is 19.4. The van der Waals surface area contributed by atoms with E-state index in [1.807, 2.05) is 18.2 Å². The van der Waals surface area contributed by atoms with Gasteiger partial charge in [0.1, 0.15) is 12.4 Å². The van der Waals surface area contributed by atoms with Gasteiger partial charge in [-0.1, -0.05) is 40.9 Å². The molecule has 0 heterocycles. The second-order valence-electron chi connectivity index (χ2n) is 5.38. The lowest BCUT2D eigenvalue weighted by Gasteiger charge is -2.13. The Bertz CT molecular complexity index is 665. The van der Waals surface area contributed by atoms with Crippen LogP contribution in [0.4, 0.5) is 0 Å². The maximum Gasteiger partial charge on any atom is 0.124 e. The molecule has 0 bridgehead atoms. The van der Waals surface area contributed by atoms with Crippen LogP contribution in [0.2, 0.25) is 15.1 Å². The third kappa shape index (κ3) is 6.15. The van der Waals surface area contributed by atoms with Crippen LogP contribution >= 0.6 is 34.8 Å². The predicted octanol–water partition coefficient (Wildman–Crippen LogP) is 5.09. The molecule has 3 nitrogen and oxygen atoms in total. The molecule has 2 aromatic carbocycles. The van der Waals surface area contributed by atoms with Crippen LogP contribution < -0.4 is 10.1 Å². The van der Waals surface area contributed by atoms with Gasteiger partial charge >= 0.3 is 0 Å². The van der Waals surface area contributed by atoms with Crippen LogP contribution in [0.3, 0.4) is 0 Å². The van der Waals surface area contributed by atoms with E-state index in [4.69, 9.17) is 44.6 Å². The maximum absolute atomic E-state index is 8.80. The van der Waals surface area contributed by atoms with Crippen LogP contribution in [0.25, 0.3) is 0 Å². The van der Waals surface area contributed by atoms with Crippen LogP contribution in [0.5, 0.6) is 5.75 Å². The third-order valence-electron chi connectivity index (χ3n) is 3.50. The van der Waals surface area contributed by atoms with Gasteiger partial charge in [-0.05, 0) is 49.7 Å². The summed E-state index contributed by atoms with van der Waals surface area (Å²) in [5, 5.41) is 14.0. The number of aliphatic hydroxyl groups is 1. The number of hydrogen-bond acceptors (Lipinski definition) is 3. The Labute approximate surface area is 157 Å². The Morgan fingerprint density at radius 2 is 1.67 bits per heavy atom. The molecule has 0 radical (unpaired) electrons. The van der Waals surface area contributed by atoms with Crippen LogP contribution in [-0.2, 0) is 13.2 Å². The average Bonchev–Trinajstić information content (AvgIpc) is 2.55. The highest BCUT2D eigenvalue weighted by atomic mass is 35.5. The lowest BCUT2D eigenvalue weighted by Crippen LogP contribution is -2.15. The fourth-order valence-corrected chi connectivity index (χ4v) is 2.86. The molecule has 0 atom stereocenters. The molecular formula is C18H20Cl3NO2. The van der Waals surface area contributed by atoms with Crippen molar-refractivity contribution >= 4 is 34.8 Å². The van der Waals surface area contributed by atoms with Crippen LogP contribution in [-0.4, -0.2) is 18.3 Å². The van der Waals surface area contributed by atoms with Crippen molar-refractivity contribution in [1.29, 1.82) is 0 Å². The predicted molar refractivity (Wildman–Crippen MR) is 100 cm³/mol. The van der Waals surface area contributed by atoms with Gasteiger partial charge in [0.05, 0.1) is 0 Å². The maximum atomic E-state index is 8.80. The number of hydrogen-bond donors (Lipinski definition) is 2. The molecule has 0 saturated carbocycles. The highest BCUT2D eigenvalue weighted by Gasteiger charge is 2.07. The van der Waals surface area contributed by atoms with E-state index in [9.17, 15) is 0 Å². The van der Waals surface area contributed by atoms with Crippen molar-refractivity contribution in [1.82, 2.24) is 5.32 Å². The molecule has 24 heavy (non-hydrogen) atoms. The van der Waals surface area contributed by atoms with E-state index in [1.54, 1.807) is 18.2 Å². The average molecular weight is 389 g/mol. The zero-order valence-electron chi connectivity index (χ0n) is 13.2. The van der Waals surface area contributed by atoms with Crippen LogP contribution in [0.15, 0.2) is 36.4 Å². The SMILES string of the molecule is OCCCCNCc1cc(Cl)ccc1OCc1ccc(Cl)cc1Cl. The number of halogens is 3. The van der Waals surface area contributed by atoms with E-state index in [0.717, 1.165) is 36.3 Å². The van der Waals surface area contributed by atoms with Crippen molar-refractivity contribution in [2.45, 2.75) is 26.0 Å². The minimum absolute atomic E-state index is 0.217. The summed E-state index contributed by atoms with van der Waals surface area (Å²) in [7, 11) is 0. The van der Waals surface area contributed by atoms with E-state index in [1.165, 1.54) is 0 Å². The highest BCUT2D eigenvalue weighted by Crippen LogP contribution is 2.26. The Morgan fingerprint density at radius 1 is 0.917 bits per heavy atom. The van der Waals surface area contributed by atoms with E-state index < -0.39 is 0 Å². The fraction of sp³-hybridized carbons (Fsp3) is 0.333. The van der Waals surface area contributed by atoms with Crippen LogP contribution in [0.1, 0.15) is 24.0 Å². The van der Waals surface area contributed by atoms with E-state index in [-0.39, 0.29) is 6.61 Å². The Balaban J connectivity index is 1.98. The van der Waals surface area contributed by atoms with Crippen molar-refractivity contribution in [2.24, 2.45) is 0 Å². The fourth-order valence-electron chi connectivity index (χ4n) is 2.21. The van der Waals surface area contributed by atoms with E-state index in [2.05, 4.69) is 5.32 Å². The van der Waals surface area contributed by atoms with Crippen molar-refractivity contribution in [3.63, 3.8) is 0 Å². The molecule has 130 valence electrons. The molecule has 6 heteroatoms. The second kappa shape index (κ2) is 10.1. The number of aliphatic hydroxyl groups excluding tert-OH is 1. The summed E-state index contributed by atoms with van der Waals surface area (Å²) in [5.74, 6) is 0.764. The molecule has 2 N–H and O–H groups in total. The highest BCUT2D eigenvalue weighted by molar-refractivity contribution is 6.35. The van der Waals surface area contributed by atoms with Gasteiger partial charge in [-0.15, -0.1) is 0 Å². The number of nitrogens with one attached hydrogen (secondary N) is 1. The summed E-state index contributed by atoms with van der Waals surface area (Å²) in [5.41, 5.74) is 1.86. The van der Waals surface area contributed by atoms with E-state index in [0.29, 0.717) is 28.2 Å². The van der Waals surface area contributed by atoms with Crippen molar-refractivity contribution in [2.75, 3.05) is 13.2 Å². The monoisotopic (exact) mass is 387 g/mol. The largest absolute Gasteiger partial charge is 0.489 e. The number of rotatable bonds is 9. The summed E-state index contributed by atoms with van der Waals surface area (Å²) in [6.07, 6.45) is 1.72. The van der Waals surface area contributed by atoms with Crippen molar-refractivity contribution in [3.05, 3.63) is 62.6 Å². The number of unbranched alkanes of at least 4 members (excludes halogenated alkanes) is 1. The zero-order chi connectivity index (χ0) is 17.4. The lowest BCUT2D eigenvalue weighted by molar-refractivity contribution is 0.283. The summed E-state index contributed by atoms with van der Waals surface area (Å²) in [6, 6.07) is 10.9. The van der Waals surface area contributed by atoms with Gasteiger partial charge in [-0.2, -0.15) is 0 Å². The zero-order valence-corrected chi connectivity index (χ0v) is 15.5. The van der Waals surface area contributed by atoms with Gasteiger partial charge in [0.2, 0.25) is 0 Å². The molecule has 0 aromatic heterocycles. The standard InChI is InChI=1S/C18H20Cl3NO2/c19-15-5-6-18(14(9-15)11-22-7-1-2-8-23)24-12-13-3-4-16(20)10-17(13)21/h3-6,9-10,22-23H,1-2,7-8,11-12H2. The van der Waals surface area contributed by atoms with Crippen molar-refractivity contribution in [3.8, 4) is 5.75 Å². The van der Waals surface area contributed by atoms with Gasteiger partial charge in [-0.25, -0.2) is 0 Å². The first-order valence-electron chi connectivity index (χ1n) is 7.77. The van der Waals surface area contributed by atoms with Crippen LogP contribution in [0, 0.1) is 0 Å². The van der Waals surface area contributed by atoms with Gasteiger partial charge in [0.15, 0.2) is 0 Å². The number of ether oxygens (including phenoxy) is 1. The summed E-state index contributed by atoms with van der Waals surface area (Å²) < 4.78 is 5.91. The van der Waals surface area contributed by atoms with Gasteiger partial charge in [0, 0.05) is 39.3 Å². The summed E-state index contributed by atoms with van der Waals surface area (Å²) in [6.45, 7) is 2.05. The molecule has 2 aromatic rings. The molecular weight excluding hydrogens is 369 g/mol.